The molecule has 0 aromatic heterocycles. The van der Waals surface area contributed by atoms with Crippen molar-refractivity contribution in [1.82, 2.24) is 0 Å². The largest absolute Gasteiger partial charge is 0.504 e. The van der Waals surface area contributed by atoms with Gasteiger partial charge in [0.15, 0.2) is 11.5 Å². The molecular weight excluding hydrogens is 414 g/mol. The lowest BCUT2D eigenvalue weighted by Crippen LogP contribution is -2.24. The number of amides is 1. The van der Waals surface area contributed by atoms with Crippen LogP contribution >= 0.6 is 0 Å². The molecule has 2 aromatic rings. The molecule has 3 rings (SSSR count). The quantitative estimate of drug-likeness (QED) is 0.545. The van der Waals surface area contributed by atoms with Gasteiger partial charge in [-0.3, -0.25) is 9.69 Å². The number of ether oxygens (including phenoxy) is 3. The zero-order valence-electron chi connectivity index (χ0n) is 18.2. The molecule has 166 valence electrons. The Morgan fingerprint density at radius 2 is 1.69 bits per heavy atom. The van der Waals surface area contributed by atoms with E-state index in [0.29, 0.717) is 29.1 Å². The summed E-state index contributed by atoms with van der Waals surface area (Å²) in [5, 5.41) is 9.93. The summed E-state index contributed by atoms with van der Waals surface area (Å²) in [6.07, 6.45) is 1.54. The van der Waals surface area contributed by atoms with Crippen molar-refractivity contribution in [3.05, 3.63) is 70.4 Å². The molecule has 8 heteroatoms. The normalized spacial score (nSPS) is 14.7. The van der Waals surface area contributed by atoms with Crippen LogP contribution in [0.2, 0.25) is 0 Å². The van der Waals surface area contributed by atoms with Gasteiger partial charge in [0.1, 0.15) is 0 Å². The number of phenols is 1. The molecule has 0 bridgehead atoms. The van der Waals surface area contributed by atoms with Gasteiger partial charge >= 0.3 is 11.9 Å². The smallest absolute Gasteiger partial charge is 0.340 e. The predicted octanol–water partition coefficient (Wildman–Crippen LogP) is 3.45. The molecule has 0 aliphatic carbocycles. The Morgan fingerprint density at radius 1 is 1.03 bits per heavy atom. The second-order valence-electron chi connectivity index (χ2n) is 6.85. The van der Waals surface area contributed by atoms with Crippen LogP contribution in [0.4, 0.5) is 5.69 Å². The average Bonchev–Trinajstić information content (AvgIpc) is 3.04. The number of hydrogen-bond donors (Lipinski definition) is 1. The topological polar surface area (TPSA) is 102 Å². The van der Waals surface area contributed by atoms with E-state index in [4.69, 9.17) is 14.2 Å². The molecule has 1 aliphatic heterocycles. The molecule has 0 saturated carbocycles. The molecule has 0 saturated heterocycles. The maximum Gasteiger partial charge on any atom is 0.340 e. The lowest BCUT2D eigenvalue weighted by Gasteiger charge is -2.18. The second kappa shape index (κ2) is 9.38. The molecular formula is C24H23NO7. The third-order valence-electron chi connectivity index (χ3n) is 4.93. The lowest BCUT2D eigenvalue weighted by atomic mass is 10.0. The van der Waals surface area contributed by atoms with Crippen molar-refractivity contribution in [2.45, 2.75) is 13.8 Å². The van der Waals surface area contributed by atoms with Crippen LogP contribution in [0.25, 0.3) is 6.08 Å². The minimum Gasteiger partial charge on any atom is -0.504 e. The Kier molecular flexibility index (Phi) is 6.63. The van der Waals surface area contributed by atoms with Crippen LogP contribution in [0.3, 0.4) is 0 Å². The molecule has 0 atom stereocenters. The Morgan fingerprint density at radius 3 is 2.28 bits per heavy atom. The fraction of sp³-hybridized carbons (Fsp3) is 0.208. The number of aromatic hydroxyl groups is 1. The van der Waals surface area contributed by atoms with Crippen LogP contribution in [0, 0.1) is 0 Å². The van der Waals surface area contributed by atoms with Gasteiger partial charge in [0.25, 0.3) is 5.91 Å². The van der Waals surface area contributed by atoms with Gasteiger partial charge in [-0.25, -0.2) is 9.59 Å². The first kappa shape index (κ1) is 22.6. The van der Waals surface area contributed by atoms with E-state index in [1.165, 1.54) is 37.3 Å². The van der Waals surface area contributed by atoms with Gasteiger partial charge in [0.2, 0.25) is 0 Å². The number of nitrogens with zero attached hydrogens (tertiary/aromatic N) is 1. The summed E-state index contributed by atoms with van der Waals surface area (Å²) in [6, 6.07) is 10.9. The van der Waals surface area contributed by atoms with E-state index in [9.17, 15) is 19.5 Å². The van der Waals surface area contributed by atoms with Gasteiger partial charge in [-0.05, 0) is 61.9 Å². The molecule has 1 N–H and O–H groups in total. The second-order valence-corrected chi connectivity index (χ2v) is 6.85. The van der Waals surface area contributed by atoms with Crippen LogP contribution in [-0.4, -0.2) is 43.8 Å². The van der Waals surface area contributed by atoms with Crippen LogP contribution in [0.5, 0.6) is 11.5 Å². The highest BCUT2D eigenvalue weighted by Gasteiger charge is 2.38. The molecule has 1 aliphatic rings. The molecule has 1 heterocycles. The van der Waals surface area contributed by atoms with Crippen molar-refractivity contribution in [2.75, 3.05) is 25.7 Å². The minimum atomic E-state index is -0.653. The summed E-state index contributed by atoms with van der Waals surface area (Å²) in [7, 11) is 2.53. The predicted molar refractivity (Wildman–Crippen MR) is 117 cm³/mol. The summed E-state index contributed by atoms with van der Waals surface area (Å²) in [5.74, 6) is -1.34. The number of esters is 2. The average molecular weight is 437 g/mol. The van der Waals surface area contributed by atoms with E-state index in [-0.39, 0.29) is 22.6 Å². The molecule has 0 radical (unpaired) electrons. The Bertz CT molecular complexity index is 1130. The van der Waals surface area contributed by atoms with Crippen LogP contribution in [-0.2, 0) is 19.1 Å². The number of benzene rings is 2. The number of methoxy groups -OCH3 is 2. The molecule has 0 unspecified atom stereocenters. The summed E-state index contributed by atoms with van der Waals surface area (Å²) < 4.78 is 15.0. The maximum absolute atomic E-state index is 13.3. The van der Waals surface area contributed by atoms with E-state index in [2.05, 4.69) is 0 Å². The summed E-state index contributed by atoms with van der Waals surface area (Å²) >= 11 is 0. The van der Waals surface area contributed by atoms with Crippen molar-refractivity contribution >= 4 is 29.6 Å². The monoisotopic (exact) mass is 437 g/mol. The summed E-state index contributed by atoms with van der Waals surface area (Å²) in [6.45, 7) is 3.78. The van der Waals surface area contributed by atoms with E-state index in [1.807, 2.05) is 0 Å². The van der Waals surface area contributed by atoms with E-state index < -0.39 is 17.8 Å². The van der Waals surface area contributed by atoms with Crippen molar-refractivity contribution in [3.63, 3.8) is 0 Å². The van der Waals surface area contributed by atoms with Gasteiger partial charge < -0.3 is 19.3 Å². The SMILES string of the molecule is CCOc1cc(C=C2C(=O)N(c3ccc(C(=O)OC)cc3)C(C)=C2C(=O)OC)ccc1O. The zero-order valence-corrected chi connectivity index (χ0v) is 18.2. The van der Waals surface area contributed by atoms with E-state index in [0.717, 1.165) is 0 Å². The molecule has 0 fully saturated rings. The third-order valence-corrected chi connectivity index (χ3v) is 4.93. The number of carbonyl (C=O) groups is 3. The summed E-state index contributed by atoms with van der Waals surface area (Å²) in [4.78, 5) is 38.9. The summed E-state index contributed by atoms with van der Waals surface area (Å²) in [5.41, 5.74) is 2.03. The number of rotatable bonds is 6. The molecule has 1 amide bonds. The zero-order chi connectivity index (χ0) is 23.4. The van der Waals surface area contributed by atoms with Crippen LogP contribution in [0.1, 0.15) is 29.8 Å². The number of anilines is 1. The molecule has 8 nitrogen and oxygen atoms in total. The van der Waals surface area contributed by atoms with Crippen LogP contribution in [0.15, 0.2) is 59.3 Å². The molecule has 0 spiro atoms. The number of allylic oxidation sites excluding steroid dienone is 1. The van der Waals surface area contributed by atoms with Gasteiger partial charge in [-0.2, -0.15) is 0 Å². The fourth-order valence-corrected chi connectivity index (χ4v) is 3.41. The minimum absolute atomic E-state index is 0.0287. The number of carbonyl (C=O) groups excluding carboxylic acids is 3. The van der Waals surface area contributed by atoms with Crippen molar-refractivity contribution in [1.29, 1.82) is 0 Å². The van der Waals surface area contributed by atoms with Gasteiger partial charge in [0, 0.05) is 11.4 Å². The highest BCUT2D eigenvalue weighted by molar-refractivity contribution is 6.23. The van der Waals surface area contributed by atoms with Gasteiger partial charge in [0.05, 0.1) is 37.5 Å². The number of phenolic OH excluding ortho intramolecular Hbond substituents is 1. The lowest BCUT2D eigenvalue weighted by molar-refractivity contribution is -0.136. The first-order valence-electron chi connectivity index (χ1n) is 9.82. The highest BCUT2D eigenvalue weighted by atomic mass is 16.5. The molecule has 2 aromatic carbocycles. The third kappa shape index (κ3) is 4.20. The Labute approximate surface area is 185 Å². The van der Waals surface area contributed by atoms with E-state index in [1.54, 1.807) is 44.2 Å². The van der Waals surface area contributed by atoms with E-state index >= 15 is 0 Å². The Hall–Kier alpha value is -4.07. The van der Waals surface area contributed by atoms with Crippen molar-refractivity contribution in [2.24, 2.45) is 0 Å². The number of hydrogen-bond acceptors (Lipinski definition) is 7. The maximum atomic E-state index is 13.3. The Balaban J connectivity index is 2.07. The molecule has 32 heavy (non-hydrogen) atoms. The standard InChI is InChI=1S/C24H23NO7/c1-5-32-20-13-15(6-11-19(20)26)12-18-21(24(29)31-4)14(2)25(22(18)27)17-9-7-16(8-10-17)23(28)30-3/h6-13,26H,5H2,1-4H3. The van der Waals surface area contributed by atoms with Gasteiger partial charge in [-0.1, -0.05) is 6.07 Å². The first-order valence-corrected chi connectivity index (χ1v) is 9.82. The van der Waals surface area contributed by atoms with Crippen molar-refractivity contribution < 1.29 is 33.7 Å². The van der Waals surface area contributed by atoms with Crippen molar-refractivity contribution in [3.8, 4) is 11.5 Å². The fourth-order valence-electron chi connectivity index (χ4n) is 3.41. The first-order chi connectivity index (χ1) is 15.3. The van der Waals surface area contributed by atoms with Gasteiger partial charge in [-0.15, -0.1) is 0 Å². The highest BCUT2D eigenvalue weighted by Crippen LogP contribution is 2.36. The van der Waals surface area contributed by atoms with Crippen LogP contribution < -0.4 is 9.64 Å².